The Kier molecular flexibility index (Phi) is 3.43. The molecular weight excluding hydrogens is 244 g/mol. The lowest BCUT2D eigenvalue weighted by molar-refractivity contribution is -0.146. The molecular formula is C15H20O4. The Balaban J connectivity index is 2.34. The Morgan fingerprint density at radius 1 is 1.53 bits per heavy atom. The van der Waals surface area contributed by atoms with Crippen molar-refractivity contribution in [3.8, 4) is 11.5 Å². The van der Waals surface area contributed by atoms with Crippen LogP contribution >= 0.6 is 0 Å². The quantitative estimate of drug-likeness (QED) is 0.908. The van der Waals surface area contributed by atoms with Gasteiger partial charge in [0.1, 0.15) is 6.10 Å². The van der Waals surface area contributed by atoms with Gasteiger partial charge in [-0.1, -0.05) is 6.07 Å². The summed E-state index contributed by atoms with van der Waals surface area (Å²) in [5.74, 6) is 0.696. The summed E-state index contributed by atoms with van der Waals surface area (Å²) in [6, 6.07) is 3.91. The second kappa shape index (κ2) is 4.76. The smallest absolute Gasteiger partial charge is 0.309 e. The molecule has 4 heteroatoms. The highest BCUT2D eigenvalue weighted by Crippen LogP contribution is 2.40. The molecule has 1 aromatic carbocycles. The van der Waals surface area contributed by atoms with Crippen molar-refractivity contribution in [3.63, 3.8) is 0 Å². The minimum Gasteiger partial charge on any atom is -0.493 e. The van der Waals surface area contributed by atoms with Crippen LogP contribution in [0.1, 0.15) is 31.9 Å². The molecule has 4 nitrogen and oxygen atoms in total. The van der Waals surface area contributed by atoms with Crippen molar-refractivity contribution in [2.24, 2.45) is 5.41 Å². The summed E-state index contributed by atoms with van der Waals surface area (Å²) in [6.45, 7) is 5.47. The van der Waals surface area contributed by atoms with E-state index in [1.54, 1.807) is 21.0 Å². The maximum atomic E-state index is 11.2. The van der Waals surface area contributed by atoms with Crippen LogP contribution in [-0.2, 0) is 17.6 Å². The molecule has 1 aliphatic rings. The first-order valence-electron chi connectivity index (χ1n) is 6.43. The van der Waals surface area contributed by atoms with Crippen molar-refractivity contribution in [2.75, 3.05) is 7.11 Å². The van der Waals surface area contributed by atoms with Crippen molar-refractivity contribution in [1.82, 2.24) is 0 Å². The van der Waals surface area contributed by atoms with Crippen LogP contribution in [0.15, 0.2) is 12.1 Å². The van der Waals surface area contributed by atoms with Gasteiger partial charge in [-0.25, -0.2) is 0 Å². The van der Waals surface area contributed by atoms with Gasteiger partial charge >= 0.3 is 5.97 Å². The van der Waals surface area contributed by atoms with Gasteiger partial charge in [-0.2, -0.15) is 0 Å². The number of benzene rings is 1. The predicted octanol–water partition coefficient (Wildman–Crippen LogP) is 2.67. The number of aliphatic carboxylic acids is 1. The Hall–Kier alpha value is -1.71. The fraction of sp³-hybridized carbons (Fsp3) is 0.533. The molecule has 1 atom stereocenters. The van der Waals surface area contributed by atoms with E-state index in [1.807, 2.05) is 19.1 Å². The lowest BCUT2D eigenvalue weighted by Gasteiger charge is -2.20. The van der Waals surface area contributed by atoms with Crippen molar-refractivity contribution >= 4 is 5.97 Å². The second-order valence-corrected chi connectivity index (χ2v) is 5.78. The molecule has 2 rings (SSSR count). The van der Waals surface area contributed by atoms with Crippen LogP contribution < -0.4 is 9.47 Å². The van der Waals surface area contributed by atoms with Gasteiger partial charge in [0.25, 0.3) is 0 Å². The number of hydrogen-bond acceptors (Lipinski definition) is 3. The molecule has 1 unspecified atom stereocenters. The zero-order valence-electron chi connectivity index (χ0n) is 11.8. The maximum absolute atomic E-state index is 11.2. The third-order valence-electron chi connectivity index (χ3n) is 3.46. The van der Waals surface area contributed by atoms with E-state index in [9.17, 15) is 9.90 Å². The predicted molar refractivity (Wildman–Crippen MR) is 71.9 cm³/mol. The zero-order chi connectivity index (χ0) is 14.2. The molecule has 0 saturated carbocycles. The number of carbonyl (C=O) groups is 1. The van der Waals surface area contributed by atoms with Crippen LogP contribution in [0, 0.1) is 5.41 Å². The third-order valence-corrected chi connectivity index (χ3v) is 3.46. The van der Waals surface area contributed by atoms with Crippen LogP contribution in [0.2, 0.25) is 0 Å². The molecule has 0 aliphatic carbocycles. The summed E-state index contributed by atoms with van der Waals surface area (Å²) in [7, 11) is 1.61. The van der Waals surface area contributed by atoms with Gasteiger partial charge in [-0.15, -0.1) is 0 Å². The SMILES string of the molecule is COc1cc(CC(C)(C)C(=O)O)cc2c1OC(C)C2. The Morgan fingerprint density at radius 3 is 2.79 bits per heavy atom. The van der Waals surface area contributed by atoms with E-state index in [4.69, 9.17) is 9.47 Å². The zero-order valence-corrected chi connectivity index (χ0v) is 11.8. The van der Waals surface area contributed by atoms with E-state index in [2.05, 4.69) is 0 Å². The lowest BCUT2D eigenvalue weighted by atomic mass is 9.85. The van der Waals surface area contributed by atoms with Gasteiger partial charge in [0.15, 0.2) is 11.5 Å². The standard InChI is InChI=1S/C15H20O4/c1-9-5-11-6-10(8-15(2,3)14(16)17)7-12(18-4)13(11)19-9/h6-7,9H,5,8H2,1-4H3,(H,16,17). The van der Waals surface area contributed by atoms with Gasteiger partial charge in [0.2, 0.25) is 0 Å². The van der Waals surface area contributed by atoms with Crippen molar-refractivity contribution in [1.29, 1.82) is 0 Å². The summed E-state index contributed by atoms with van der Waals surface area (Å²) in [5, 5.41) is 9.21. The van der Waals surface area contributed by atoms with E-state index in [-0.39, 0.29) is 6.10 Å². The first kappa shape index (κ1) is 13.7. The van der Waals surface area contributed by atoms with Crippen molar-refractivity contribution in [2.45, 2.75) is 39.7 Å². The summed E-state index contributed by atoms with van der Waals surface area (Å²) < 4.78 is 11.1. The monoisotopic (exact) mass is 264 g/mol. The van der Waals surface area contributed by atoms with E-state index in [0.29, 0.717) is 12.2 Å². The highest BCUT2D eigenvalue weighted by Gasteiger charge is 2.30. The lowest BCUT2D eigenvalue weighted by Crippen LogP contribution is -2.26. The van der Waals surface area contributed by atoms with Gasteiger partial charge in [-0.3, -0.25) is 4.79 Å². The highest BCUT2D eigenvalue weighted by atomic mass is 16.5. The minimum atomic E-state index is -0.795. The summed E-state index contributed by atoms with van der Waals surface area (Å²) in [6.07, 6.45) is 1.46. The number of fused-ring (bicyclic) bond motifs is 1. The Labute approximate surface area is 113 Å². The number of carboxylic acids is 1. The first-order chi connectivity index (χ1) is 8.83. The van der Waals surface area contributed by atoms with E-state index >= 15 is 0 Å². The van der Waals surface area contributed by atoms with Crippen LogP contribution in [0.5, 0.6) is 11.5 Å². The molecule has 104 valence electrons. The van der Waals surface area contributed by atoms with E-state index < -0.39 is 11.4 Å². The molecule has 1 aromatic rings. The summed E-state index contributed by atoms with van der Waals surface area (Å²) in [4.78, 5) is 11.2. The number of carboxylic acid groups (broad SMARTS) is 1. The fourth-order valence-electron chi connectivity index (χ4n) is 2.40. The molecule has 0 spiro atoms. The summed E-state index contributed by atoms with van der Waals surface area (Å²) >= 11 is 0. The van der Waals surface area contributed by atoms with Gasteiger partial charge in [0.05, 0.1) is 12.5 Å². The molecule has 0 amide bonds. The normalized spacial score (nSPS) is 17.8. The largest absolute Gasteiger partial charge is 0.493 e. The third kappa shape index (κ3) is 2.67. The molecule has 19 heavy (non-hydrogen) atoms. The molecule has 1 heterocycles. The maximum Gasteiger partial charge on any atom is 0.309 e. The first-order valence-corrected chi connectivity index (χ1v) is 6.43. The number of rotatable bonds is 4. The molecule has 0 radical (unpaired) electrons. The fourth-order valence-corrected chi connectivity index (χ4v) is 2.40. The molecule has 1 aliphatic heterocycles. The minimum absolute atomic E-state index is 0.145. The molecule has 0 fully saturated rings. The van der Waals surface area contributed by atoms with Gasteiger partial charge in [-0.05, 0) is 38.8 Å². The average Bonchev–Trinajstić information content (AvgIpc) is 2.67. The number of methoxy groups -OCH3 is 1. The molecule has 0 aromatic heterocycles. The van der Waals surface area contributed by atoms with Crippen LogP contribution in [0.4, 0.5) is 0 Å². The van der Waals surface area contributed by atoms with Gasteiger partial charge < -0.3 is 14.6 Å². The molecule has 0 bridgehead atoms. The average molecular weight is 264 g/mol. The summed E-state index contributed by atoms with van der Waals surface area (Å²) in [5.41, 5.74) is 1.29. The van der Waals surface area contributed by atoms with E-state index in [0.717, 1.165) is 23.3 Å². The van der Waals surface area contributed by atoms with Crippen LogP contribution in [0.3, 0.4) is 0 Å². The highest BCUT2D eigenvalue weighted by molar-refractivity contribution is 5.74. The number of ether oxygens (including phenoxy) is 2. The second-order valence-electron chi connectivity index (χ2n) is 5.78. The number of hydrogen-bond donors (Lipinski definition) is 1. The van der Waals surface area contributed by atoms with E-state index in [1.165, 1.54) is 0 Å². The molecule has 1 N–H and O–H groups in total. The van der Waals surface area contributed by atoms with Gasteiger partial charge in [0, 0.05) is 12.0 Å². The molecule has 0 saturated heterocycles. The Morgan fingerprint density at radius 2 is 2.21 bits per heavy atom. The topological polar surface area (TPSA) is 55.8 Å². The van der Waals surface area contributed by atoms with Crippen LogP contribution in [0.25, 0.3) is 0 Å². The van der Waals surface area contributed by atoms with Crippen molar-refractivity contribution in [3.05, 3.63) is 23.3 Å². The van der Waals surface area contributed by atoms with Crippen LogP contribution in [-0.4, -0.2) is 24.3 Å². The van der Waals surface area contributed by atoms with Crippen molar-refractivity contribution < 1.29 is 19.4 Å². The Bertz CT molecular complexity index is 505.